The van der Waals surface area contributed by atoms with Gasteiger partial charge in [0.2, 0.25) is 5.91 Å². The van der Waals surface area contributed by atoms with E-state index in [0.717, 1.165) is 23.2 Å². The highest BCUT2D eigenvalue weighted by molar-refractivity contribution is 5.98. The number of hydrogen-bond acceptors (Lipinski definition) is 3. The zero-order chi connectivity index (χ0) is 24.7. The molecule has 4 nitrogen and oxygen atoms in total. The molecule has 4 heteroatoms. The number of hydrogen-bond donors (Lipinski definition) is 1. The van der Waals surface area contributed by atoms with Gasteiger partial charge in [-0.05, 0) is 67.5 Å². The number of aryl methyl sites for hydroxylation is 3. The Kier molecular flexibility index (Phi) is 9.03. The number of carbonyl (C=O) groups is 1. The predicted molar refractivity (Wildman–Crippen MR) is 141 cm³/mol. The Morgan fingerprint density at radius 1 is 0.882 bits per heavy atom. The molecule has 180 valence electrons. The molecule has 0 heterocycles. The molecule has 0 aliphatic heterocycles. The fraction of sp³-hybridized carbons (Fsp3) is 0.367. The van der Waals surface area contributed by atoms with Crippen molar-refractivity contribution < 1.29 is 9.90 Å². The number of aliphatic hydroxyl groups is 1. The standard InChI is InChI=1S/C30H38N2O2/c1-22(2)20-31(21-33)29(27-9-7-6-8-10-27)30(34)32(28-16-13-24(4)25(5)19-28)18-17-26-14-11-23(3)12-15-26/h6-16,19,22,29,33H,17-18,20-21H2,1-5H3. The minimum Gasteiger partial charge on any atom is -0.381 e. The summed E-state index contributed by atoms with van der Waals surface area (Å²) in [6.07, 6.45) is 0.754. The SMILES string of the molecule is Cc1ccc(CCN(C(=O)C(c2ccccc2)N(CO)CC(C)C)c2ccc(C)c(C)c2)cc1. The van der Waals surface area contributed by atoms with Crippen molar-refractivity contribution >= 4 is 11.6 Å². The summed E-state index contributed by atoms with van der Waals surface area (Å²) in [6, 6.07) is 23.9. The van der Waals surface area contributed by atoms with E-state index in [1.54, 1.807) is 0 Å². The molecule has 0 saturated carbocycles. The van der Waals surface area contributed by atoms with Gasteiger partial charge in [-0.3, -0.25) is 9.69 Å². The molecule has 0 spiro atoms. The number of aliphatic hydroxyl groups excluding tert-OH is 1. The van der Waals surface area contributed by atoms with Crippen LogP contribution in [0.3, 0.4) is 0 Å². The van der Waals surface area contributed by atoms with Crippen molar-refractivity contribution in [2.75, 3.05) is 24.7 Å². The second kappa shape index (κ2) is 12.0. The van der Waals surface area contributed by atoms with Crippen molar-refractivity contribution in [2.45, 2.75) is 47.1 Å². The molecule has 0 aromatic heterocycles. The summed E-state index contributed by atoms with van der Waals surface area (Å²) in [5, 5.41) is 10.3. The van der Waals surface area contributed by atoms with Gasteiger partial charge >= 0.3 is 0 Å². The van der Waals surface area contributed by atoms with Gasteiger partial charge in [-0.25, -0.2) is 0 Å². The Hall–Kier alpha value is -2.95. The van der Waals surface area contributed by atoms with E-state index in [1.807, 2.05) is 46.2 Å². The van der Waals surface area contributed by atoms with Crippen molar-refractivity contribution in [2.24, 2.45) is 5.92 Å². The molecular weight excluding hydrogens is 420 g/mol. The first-order valence-electron chi connectivity index (χ1n) is 12.1. The first-order valence-corrected chi connectivity index (χ1v) is 12.1. The van der Waals surface area contributed by atoms with Gasteiger partial charge in [-0.15, -0.1) is 0 Å². The van der Waals surface area contributed by atoms with Crippen molar-refractivity contribution in [1.82, 2.24) is 4.90 Å². The largest absolute Gasteiger partial charge is 0.381 e. The molecule has 0 aliphatic carbocycles. The minimum atomic E-state index is -0.562. The third-order valence-electron chi connectivity index (χ3n) is 6.31. The van der Waals surface area contributed by atoms with Crippen LogP contribution in [0.2, 0.25) is 0 Å². The highest BCUT2D eigenvalue weighted by Gasteiger charge is 2.32. The van der Waals surface area contributed by atoms with E-state index in [0.29, 0.717) is 19.0 Å². The smallest absolute Gasteiger partial charge is 0.249 e. The number of benzene rings is 3. The quantitative estimate of drug-likeness (QED) is 0.388. The maximum atomic E-state index is 14.3. The molecule has 1 amide bonds. The van der Waals surface area contributed by atoms with Crippen molar-refractivity contribution in [3.8, 4) is 0 Å². The van der Waals surface area contributed by atoms with Crippen LogP contribution in [0.25, 0.3) is 0 Å². The molecule has 1 unspecified atom stereocenters. The molecule has 3 rings (SSSR count). The van der Waals surface area contributed by atoms with Gasteiger partial charge in [0.1, 0.15) is 6.04 Å². The second-order valence-electron chi connectivity index (χ2n) is 9.61. The van der Waals surface area contributed by atoms with E-state index in [1.165, 1.54) is 16.7 Å². The molecule has 0 bridgehead atoms. The van der Waals surface area contributed by atoms with E-state index >= 15 is 0 Å². The molecule has 0 radical (unpaired) electrons. The Bertz CT molecular complexity index is 1060. The van der Waals surface area contributed by atoms with Crippen molar-refractivity contribution in [1.29, 1.82) is 0 Å². The first kappa shape index (κ1) is 25.7. The fourth-order valence-corrected chi connectivity index (χ4v) is 4.26. The van der Waals surface area contributed by atoms with Crippen LogP contribution in [0, 0.1) is 26.7 Å². The fourth-order valence-electron chi connectivity index (χ4n) is 4.26. The summed E-state index contributed by atoms with van der Waals surface area (Å²) in [6.45, 7) is 11.5. The van der Waals surface area contributed by atoms with Gasteiger partial charge in [-0.2, -0.15) is 0 Å². The van der Waals surface area contributed by atoms with Crippen LogP contribution in [0.1, 0.15) is 47.7 Å². The average molecular weight is 459 g/mol. The monoisotopic (exact) mass is 458 g/mol. The molecule has 0 aliphatic rings. The molecule has 1 N–H and O–H groups in total. The second-order valence-corrected chi connectivity index (χ2v) is 9.61. The lowest BCUT2D eigenvalue weighted by Gasteiger charge is -2.35. The van der Waals surface area contributed by atoms with Crippen LogP contribution in [-0.4, -0.2) is 35.7 Å². The normalized spacial score (nSPS) is 12.2. The molecule has 3 aromatic rings. The molecule has 34 heavy (non-hydrogen) atoms. The van der Waals surface area contributed by atoms with Crippen molar-refractivity contribution in [3.63, 3.8) is 0 Å². The Labute approximate surface area is 204 Å². The topological polar surface area (TPSA) is 43.8 Å². The number of amides is 1. The third-order valence-corrected chi connectivity index (χ3v) is 6.31. The van der Waals surface area contributed by atoms with E-state index in [4.69, 9.17) is 0 Å². The summed E-state index contributed by atoms with van der Waals surface area (Å²) in [5.74, 6) is 0.296. The van der Waals surface area contributed by atoms with Gasteiger partial charge in [0.05, 0.1) is 6.73 Å². The average Bonchev–Trinajstić information content (AvgIpc) is 2.82. The van der Waals surface area contributed by atoms with Gasteiger partial charge in [0.15, 0.2) is 0 Å². The number of nitrogens with zero attached hydrogens (tertiary/aromatic N) is 2. The van der Waals surface area contributed by atoms with Crippen LogP contribution >= 0.6 is 0 Å². The molecule has 0 saturated heterocycles. The zero-order valence-electron chi connectivity index (χ0n) is 21.2. The molecule has 1 atom stereocenters. The van der Waals surface area contributed by atoms with Gasteiger partial charge in [0, 0.05) is 18.8 Å². The molecule has 3 aromatic carbocycles. The summed E-state index contributed by atoms with van der Waals surface area (Å²) in [7, 11) is 0. The lowest BCUT2D eigenvalue weighted by Crippen LogP contribution is -2.45. The maximum Gasteiger partial charge on any atom is 0.249 e. The highest BCUT2D eigenvalue weighted by atomic mass is 16.3. The van der Waals surface area contributed by atoms with Gasteiger partial charge < -0.3 is 10.0 Å². The lowest BCUT2D eigenvalue weighted by atomic mass is 10.0. The first-order chi connectivity index (χ1) is 16.3. The van der Waals surface area contributed by atoms with Crippen molar-refractivity contribution in [3.05, 3.63) is 101 Å². The number of rotatable bonds is 10. The van der Waals surface area contributed by atoms with Crippen LogP contribution < -0.4 is 4.90 Å². The Morgan fingerprint density at radius 2 is 1.56 bits per heavy atom. The highest BCUT2D eigenvalue weighted by Crippen LogP contribution is 2.28. The van der Waals surface area contributed by atoms with E-state index in [9.17, 15) is 9.90 Å². The predicted octanol–water partition coefficient (Wildman–Crippen LogP) is 5.84. The molecular formula is C30H38N2O2. The molecule has 0 fully saturated rings. The Balaban J connectivity index is 2.01. The lowest BCUT2D eigenvalue weighted by molar-refractivity contribution is -0.126. The van der Waals surface area contributed by atoms with Crippen LogP contribution in [0.5, 0.6) is 0 Å². The van der Waals surface area contributed by atoms with E-state index in [2.05, 4.69) is 71.0 Å². The minimum absolute atomic E-state index is 0.0173. The summed E-state index contributed by atoms with van der Waals surface area (Å²) in [4.78, 5) is 18.0. The van der Waals surface area contributed by atoms with Crippen LogP contribution in [-0.2, 0) is 11.2 Å². The zero-order valence-corrected chi connectivity index (χ0v) is 21.2. The summed E-state index contributed by atoms with van der Waals surface area (Å²) >= 11 is 0. The summed E-state index contributed by atoms with van der Waals surface area (Å²) < 4.78 is 0. The van der Waals surface area contributed by atoms with E-state index in [-0.39, 0.29) is 12.6 Å². The van der Waals surface area contributed by atoms with Crippen LogP contribution in [0.15, 0.2) is 72.8 Å². The summed E-state index contributed by atoms with van der Waals surface area (Å²) in [5.41, 5.74) is 6.57. The van der Waals surface area contributed by atoms with Gasteiger partial charge in [-0.1, -0.05) is 80.1 Å². The van der Waals surface area contributed by atoms with Gasteiger partial charge in [0.25, 0.3) is 0 Å². The Morgan fingerprint density at radius 3 is 2.15 bits per heavy atom. The number of carbonyl (C=O) groups excluding carboxylic acids is 1. The van der Waals surface area contributed by atoms with E-state index < -0.39 is 6.04 Å². The van der Waals surface area contributed by atoms with Crippen LogP contribution in [0.4, 0.5) is 5.69 Å². The third kappa shape index (κ3) is 6.55. The number of anilines is 1. The maximum absolute atomic E-state index is 14.3.